The molecular weight excluding hydrogens is 358 g/mol. The highest BCUT2D eigenvalue weighted by atomic mass is 15.4. The van der Waals surface area contributed by atoms with Crippen LogP contribution in [0.5, 0.6) is 0 Å². The van der Waals surface area contributed by atoms with Crippen LogP contribution in [0.2, 0.25) is 0 Å². The molecule has 0 radical (unpaired) electrons. The molecule has 2 aliphatic rings. The van der Waals surface area contributed by atoms with Gasteiger partial charge in [0, 0.05) is 43.6 Å². The van der Waals surface area contributed by atoms with Gasteiger partial charge >= 0.3 is 0 Å². The molecule has 3 heterocycles. The maximum absolute atomic E-state index is 4.78. The van der Waals surface area contributed by atoms with Gasteiger partial charge in [0.05, 0.1) is 0 Å². The van der Waals surface area contributed by atoms with Gasteiger partial charge < -0.3 is 9.80 Å². The molecule has 5 nitrogen and oxygen atoms in total. The van der Waals surface area contributed by atoms with Crippen LogP contribution in [0.3, 0.4) is 0 Å². The van der Waals surface area contributed by atoms with E-state index in [1.54, 1.807) is 0 Å². The summed E-state index contributed by atoms with van der Waals surface area (Å²) in [7, 11) is 2.24. The van der Waals surface area contributed by atoms with Gasteiger partial charge in [0.1, 0.15) is 0 Å². The molecule has 0 amide bonds. The van der Waals surface area contributed by atoms with Crippen LogP contribution in [0.25, 0.3) is 0 Å². The van der Waals surface area contributed by atoms with E-state index in [-0.39, 0.29) is 0 Å². The van der Waals surface area contributed by atoms with Crippen LogP contribution in [0, 0.1) is 5.92 Å². The topological polar surface area (TPSA) is 35.5 Å². The number of hydrogen-bond donors (Lipinski definition) is 0. The van der Waals surface area contributed by atoms with Gasteiger partial charge in [0.2, 0.25) is 5.95 Å². The molecule has 1 aromatic rings. The molecule has 0 aliphatic carbocycles. The number of anilines is 1. The summed E-state index contributed by atoms with van der Waals surface area (Å²) in [6.07, 6.45) is 12.8. The first-order valence-electron chi connectivity index (χ1n) is 12.0. The number of likely N-dealkylation sites (tertiary alicyclic amines) is 1. The Balaban J connectivity index is 1.45. The van der Waals surface area contributed by atoms with E-state index in [1.807, 2.05) is 0 Å². The van der Waals surface area contributed by atoms with E-state index in [4.69, 9.17) is 9.97 Å². The predicted molar refractivity (Wildman–Crippen MR) is 123 cm³/mol. The molecule has 2 bridgehead atoms. The zero-order valence-electron chi connectivity index (χ0n) is 19.5. The maximum atomic E-state index is 4.78. The van der Waals surface area contributed by atoms with Gasteiger partial charge in [0.25, 0.3) is 0 Å². The lowest BCUT2D eigenvalue weighted by Gasteiger charge is -2.43. The molecule has 2 aliphatic heterocycles. The average Bonchev–Trinajstić information content (AvgIpc) is 2.96. The molecule has 2 saturated heterocycles. The van der Waals surface area contributed by atoms with E-state index in [1.165, 1.54) is 63.7 Å². The van der Waals surface area contributed by atoms with Crippen LogP contribution in [-0.4, -0.2) is 71.1 Å². The molecule has 164 valence electrons. The Kier molecular flexibility index (Phi) is 8.31. The van der Waals surface area contributed by atoms with E-state index < -0.39 is 0 Å². The van der Waals surface area contributed by atoms with Crippen molar-refractivity contribution in [3.63, 3.8) is 0 Å². The molecule has 0 spiro atoms. The fourth-order valence-corrected chi connectivity index (χ4v) is 4.92. The van der Waals surface area contributed by atoms with E-state index >= 15 is 0 Å². The lowest BCUT2D eigenvalue weighted by Crippen LogP contribution is -2.56. The number of aromatic nitrogens is 2. The normalized spacial score (nSPS) is 23.3. The zero-order chi connectivity index (χ0) is 20.8. The van der Waals surface area contributed by atoms with E-state index in [2.05, 4.69) is 61.8 Å². The van der Waals surface area contributed by atoms with Gasteiger partial charge in [-0.25, -0.2) is 9.97 Å². The van der Waals surface area contributed by atoms with Crippen molar-refractivity contribution in [2.24, 2.45) is 5.92 Å². The number of piperazine rings is 1. The molecular formula is C24H43N5. The van der Waals surface area contributed by atoms with Crippen LogP contribution in [-0.2, 0) is 6.42 Å². The van der Waals surface area contributed by atoms with Gasteiger partial charge in [-0.1, -0.05) is 20.8 Å². The van der Waals surface area contributed by atoms with Crippen molar-refractivity contribution >= 4 is 5.95 Å². The Morgan fingerprint density at radius 3 is 2.24 bits per heavy atom. The maximum Gasteiger partial charge on any atom is 0.225 e. The SMILES string of the molecule is CCC(C)N1CC2CCC(C1)N2c1ncc(CCCN(C)CCCC(C)C)cn1. The summed E-state index contributed by atoms with van der Waals surface area (Å²) in [5.74, 6) is 1.77. The highest BCUT2D eigenvalue weighted by Crippen LogP contribution is 2.33. The molecule has 1 aromatic heterocycles. The van der Waals surface area contributed by atoms with Gasteiger partial charge in [-0.3, -0.25) is 4.90 Å². The van der Waals surface area contributed by atoms with Crippen LogP contribution in [0.4, 0.5) is 5.95 Å². The molecule has 0 N–H and O–H groups in total. The van der Waals surface area contributed by atoms with Crippen molar-refractivity contribution in [1.29, 1.82) is 0 Å². The second-order valence-electron chi connectivity index (χ2n) is 9.84. The molecule has 29 heavy (non-hydrogen) atoms. The average molecular weight is 402 g/mol. The van der Waals surface area contributed by atoms with Crippen LogP contribution in [0.1, 0.15) is 71.8 Å². The highest BCUT2D eigenvalue weighted by molar-refractivity contribution is 5.37. The molecule has 3 atom stereocenters. The molecule has 5 heteroatoms. The zero-order valence-corrected chi connectivity index (χ0v) is 19.5. The Hall–Kier alpha value is -1.20. The van der Waals surface area contributed by atoms with Crippen molar-refractivity contribution in [3.05, 3.63) is 18.0 Å². The first-order valence-corrected chi connectivity index (χ1v) is 12.0. The Morgan fingerprint density at radius 2 is 1.66 bits per heavy atom. The van der Waals surface area contributed by atoms with Crippen molar-refractivity contribution in [3.8, 4) is 0 Å². The number of aryl methyl sites for hydroxylation is 1. The van der Waals surface area contributed by atoms with Crippen molar-refractivity contribution < 1.29 is 0 Å². The summed E-state index contributed by atoms with van der Waals surface area (Å²) in [5.41, 5.74) is 1.27. The minimum absolute atomic E-state index is 0.591. The summed E-state index contributed by atoms with van der Waals surface area (Å²) in [6, 6.07) is 1.87. The van der Waals surface area contributed by atoms with Crippen LogP contribution >= 0.6 is 0 Å². The largest absolute Gasteiger partial charge is 0.332 e. The molecule has 0 saturated carbocycles. The van der Waals surface area contributed by atoms with Gasteiger partial charge in [-0.2, -0.15) is 0 Å². The third-order valence-electron chi connectivity index (χ3n) is 6.97. The summed E-state index contributed by atoms with van der Waals surface area (Å²) in [5, 5.41) is 0. The van der Waals surface area contributed by atoms with Crippen molar-refractivity contribution in [2.45, 2.75) is 90.8 Å². The van der Waals surface area contributed by atoms with Crippen LogP contribution in [0.15, 0.2) is 12.4 Å². The van der Waals surface area contributed by atoms with Crippen LogP contribution < -0.4 is 4.90 Å². The van der Waals surface area contributed by atoms with E-state index in [0.29, 0.717) is 18.1 Å². The second-order valence-corrected chi connectivity index (χ2v) is 9.84. The van der Waals surface area contributed by atoms with E-state index in [9.17, 15) is 0 Å². The Bertz CT molecular complexity index is 588. The fraction of sp³-hybridized carbons (Fsp3) is 0.833. The molecule has 2 fully saturated rings. The standard InChI is InChI=1S/C24H43N5/c1-6-20(4)28-17-22-11-12-23(18-28)29(22)24-25-15-21(16-26-24)10-8-14-27(5)13-7-9-19(2)3/h15-16,19-20,22-23H,6-14,17-18H2,1-5H3. The van der Waals surface area contributed by atoms with Crippen molar-refractivity contribution in [1.82, 2.24) is 19.8 Å². The van der Waals surface area contributed by atoms with Gasteiger partial charge in [0.15, 0.2) is 0 Å². The fourth-order valence-electron chi connectivity index (χ4n) is 4.92. The number of nitrogens with zero attached hydrogens (tertiary/aromatic N) is 5. The summed E-state index contributed by atoms with van der Waals surface area (Å²) in [4.78, 5) is 17.2. The summed E-state index contributed by atoms with van der Waals surface area (Å²) >= 11 is 0. The third-order valence-corrected chi connectivity index (χ3v) is 6.97. The van der Waals surface area contributed by atoms with Crippen molar-refractivity contribution in [2.75, 3.05) is 38.1 Å². The predicted octanol–water partition coefficient (Wildman–Crippen LogP) is 4.23. The highest BCUT2D eigenvalue weighted by Gasteiger charge is 2.41. The Labute approximate surface area is 178 Å². The quantitative estimate of drug-likeness (QED) is 0.554. The summed E-state index contributed by atoms with van der Waals surface area (Å²) in [6.45, 7) is 14.0. The first kappa shape index (κ1) is 22.5. The molecule has 0 aromatic carbocycles. The molecule has 3 rings (SSSR count). The van der Waals surface area contributed by atoms with E-state index in [0.717, 1.165) is 24.8 Å². The summed E-state index contributed by atoms with van der Waals surface area (Å²) < 4.78 is 0. The molecule has 3 unspecified atom stereocenters. The second kappa shape index (κ2) is 10.7. The number of rotatable bonds is 11. The third kappa shape index (κ3) is 6.14. The number of hydrogen-bond acceptors (Lipinski definition) is 5. The van der Waals surface area contributed by atoms with Gasteiger partial charge in [-0.05, 0) is 83.5 Å². The lowest BCUT2D eigenvalue weighted by molar-refractivity contribution is 0.162. The minimum atomic E-state index is 0.591. The lowest BCUT2D eigenvalue weighted by atomic mass is 10.1. The first-order chi connectivity index (χ1) is 14.0. The number of fused-ring (bicyclic) bond motifs is 2. The minimum Gasteiger partial charge on any atom is -0.332 e. The monoisotopic (exact) mass is 401 g/mol. The Morgan fingerprint density at radius 1 is 1.03 bits per heavy atom. The smallest absolute Gasteiger partial charge is 0.225 e. The van der Waals surface area contributed by atoms with Gasteiger partial charge in [-0.15, -0.1) is 0 Å².